The topological polar surface area (TPSA) is 76.6 Å². The number of rotatable bonds is 7. The summed E-state index contributed by atoms with van der Waals surface area (Å²) in [5, 5.41) is 3.11. The average Bonchev–Trinajstić information content (AvgIpc) is 2.62. The van der Waals surface area contributed by atoms with Crippen molar-refractivity contribution in [3.63, 3.8) is 0 Å². The van der Waals surface area contributed by atoms with Crippen molar-refractivity contribution in [3.05, 3.63) is 35.9 Å². The lowest BCUT2D eigenvalue weighted by Gasteiger charge is -2.31. The van der Waals surface area contributed by atoms with Crippen LogP contribution in [0.3, 0.4) is 0 Å². The summed E-state index contributed by atoms with van der Waals surface area (Å²) in [5.74, 6) is 0.209. The van der Waals surface area contributed by atoms with Crippen LogP contribution in [0, 0.1) is 5.92 Å². The van der Waals surface area contributed by atoms with Gasteiger partial charge in [-0.25, -0.2) is 0 Å². The summed E-state index contributed by atoms with van der Waals surface area (Å²) in [4.78, 5) is 25.0. The van der Waals surface area contributed by atoms with E-state index >= 15 is 0 Å². The summed E-state index contributed by atoms with van der Waals surface area (Å²) < 4.78 is 0. The van der Waals surface area contributed by atoms with E-state index in [2.05, 4.69) is 24.4 Å². The van der Waals surface area contributed by atoms with Crippen LogP contribution in [0.4, 0.5) is 0 Å². The van der Waals surface area contributed by atoms with E-state index in [0.29, 0.717) is 12.5 Å². The molecule has 1 heterocycles. The summed E-state index contributed by atoms with van der Waals surface area (Å²) in [6.45, 7) is 6.45. The van der Waals surface area contributed by atoms with Crippen LogP contribution >= 0.6 is 0 Å². The molecule has 2 amide bonds. The molecule has 132 valence electrons. The molecule has 1 aliphatic rings. The van der Waals surface area contributed by atoms with Crippen molar-refractivity contribution in [1.29, 1.82) is 0 Å². The Kier molecular flexibility index (Phi) is 6.79. The van der Waals surface area contributed by atoms with Crippen molar-refractivity contribution in [2.45, 2.75) is 45.1 Å². The minimum Gasteiger partial charge on any atom is -0.369 e. The van der Waals surface area contributed by atoms with Gasteiger partial charge >= 0.3 is 0 Å². The Balaban J connectivity index is 1.82. The second-order valence-electron chi connectivity index (χ2n) is 6.82. The van der Waals surface area contributed by atoms with Crippen LogP contribution in [0.2, 0.25) is 0 Å². The Bertz CT molecular complexity index is 539. The summed E-state index contributed by atoms with van der Waals surface area (Å²) in [6.07, 6.45) is 2.56. The number of quaternary nitrogens is 1. The number of carbonyl (C=O) groups excluding carboxylic acids is 2. The molecule has 4 N–H and O–H groups in total. The quantitative estimate of drug-likeness (QED) is 0.679. The van der Waals surface area contributed by atoms with Crippen molar-refractivity contribution in [3.8, 4) is 0 Å². The molecule has 0 unspecified atom stereocenters. The number of nitrogens with one attached hydrogen (secondary N) is 2. The molecule has 0 radical (unpaired) electrons. The molecule has 2 atom stereocenters. The number of nitrogens with two attached hydrogens (primary N) is 1. The molecule has 0 saturated carbocycles. The Morgan fingerprint density at radius 3 is 2.42 bits per heavy atom. The molecule has 24 heavy (non-hydrogen) atoms. The third kappa shape index (κ3) is 4.81. The van der Waals surface area contributed by atoms with E-state index in [4.69, 9.17) is 5.73 Å². The fraction of sp³-hybridized carbons (Fsp3) is 0.579. The van der Waals surface area contributed by atoms with Crippen LogP contribution in [-0.4, -0.2) is 37.5 Å². The Hall–Kier alpha value is -1.88. The third-order valence-electron chi connectivity index (χ3n) is 5.32. The van der Waals surface area contributed by atoms with Crippen molar-refractivity contribution in [2.75, 3.05) is 19.6 Å². The minimum atomic E-state index is -0.209. The Labute approximate surface area is 144 Å². The number of hydrogen-bond acceptors (Lipinski definition) is 2. The number of amides is 2. The van der Waals surface area contributed by atoms with Crippen molar-refractivity contribution >= 4 is 11.8 Å². The zero-order chi connectivity index (χ0) is 17.5. The first-order valence-electron chi connectivity index (χ1n) is 8.99. The van der Waals surface area contributed by atoms with E-state index in [0.717, 1.165) is 32.4 Å². The van der Waals surface area contributed by atoms with Crippen molar-refractivity contribution in [2.24, 2.45) is 11.7 Å². The maximum absolute atomic E-state index is 12.5. The normalized spacial score (nSPS) is 23.2. The molecule has 0 aromatic heterocycles. The fourth-order valence-electron chi connectivity index (χ4n) is 3.49. The first kappa shape index (κ1) is 18.5. The highest BCUT2D eigenvalue weighted by Crippen LogP contribution is 2.17. The van der Waals surface area contributed by atoms with Gasteiger partial charge in [0.15, 0.2) is 6.04 Å². The van der Waals surface area contributed by atoms with Gasteiger partial charge < -0.3 is 16.0 Å². The molecule has 0 aliphatic carbocycles. The van der Waals surface area contributed by atoms with Gasteiger partial charge in [0.05, 0.1) is 13.1 Å². The van der Waals surface area contributed by atoms with Gasteiger partial charge in [0.2, 0.25) is 5.91 Å². The van der Waals surface area contributed by atoms with E-state index in [1.807, 2.05) is 25.1 Å². The molecule has 1 saturated heterocycles. The number of hydrogen-bond donors (Lipinski definition) is 3. The number of likely N-dealkylation sites (tertiary alicyclic amines) is 1. The highest BCUT2D eigenvalue weighted by atomic mass is 16.2. The highest BCUT2D eigenvalue weighted by Gasteiger charge is 2.32. The molecule has 1 aromatic carbocycles. The van der Waals surface area contributed by atoms with E-state index in [-0.39, 0.29) is 23.8 Å². The van der Waals surface area contributed by atoms with E-state index in [1.54, 1.807) is 0 Å². The number of carbonyl (C=O) groups is 2. The molecule has 1 aliphatic heterocycles. The lowest BCUT2D eigenvalue weighted by atomic mass is 9.95. The minimum absolute atomic E-state index is 0.0217. The van der Waals surface area contributed by atoms with Gasteiger partial charge in [-0.05, 0) is 18.9 Å². The van der Waals surface area contributed by atoms with Crippen LogP contribution < -0.4 is 16.0 Å². The molecule has 1 fully saturated rings. The van der Waals surface area contributed by atoms with Crippen LogP contribution in [0.25, 0.3) is 0 Å². The van der Waals surface area contributed by atoms with E-state index < -0.39 is 0 Å². The molecule has 0 spiro atoms. The summed E-state index contributed by atoms with van der Waals surface area (Å²) >= 11 is 0. The number of benzene rings is 1. The maximum atomic E-state index is 12.5. The van der Waals surface area contributed by atoms with Gasteiger partial charge in [-0.15, -0.1) is 0 Å². The first-order valence-corrected chi connectivity index (χ1v) is 8.99. The summed E-state index contributed by atoms with van der Waals surface area (Å²) in [5.41, 5.74) is 6.64. The largest absolute Gasteiger partial charge is 0.369 e. The van der Waals surface area contributed by atoms with Gasteiger partial charge in [-0.2, -0.15) is 0 Å². The van der Waals surface area contributed by atoms with Gasteiger partial charge in [0.25, 0.3) is 5.91 Å². The van der Waals surface area contributed by atoms with Crippen molar-refractivity contribution in [1.82, 2.24) is 5.32 Å². The Morgan fingerprint density at radius 1 is 1.25 bits per heavy atom. The molecule has 2 rings (SSSR count). The van der Waals surface area contributed by atoms with Crippen LogP contribution in [-0.2, 0) is 9.59 Å². The molecule has 0 bridgehead atoms. The van der Waals surface area contributed by atoms with Crippen LogP contribution in [0.1, 0.15) is 44.6 Å². The second kappa shape index (κ2) is 8.83. The first-order chi connectivity index (χ1) is 11.5. The maximum Gasteiger partial charge on any atom is 0.278 e. The zero-order valence-corrected chi connectivity index (χ0v) is 14.8. The third-order valence-corrected chi connectivity index (χ3v) is 5.32. The molecular formula is C19H30N3O2+. The van der Waals surface area contributed by atoms with Crippen LogP contribution in [0.5, 0.6) is 0 Å². The molecule has 5 nitrogen and oxygen atoms in total. The van der Waals surface area contributed by atoms with Gasteiger partial charge in [0.1, 0.15) is 0 Å². The van der Waals surface area contributed by atoms with Crippen LogP contribution in [0.15, 0.2) is 30.3 Å². The lowest BCUT2D eigenvalue weighted by molar-refractivity contribution is -0.919. The monoisotopic (exact) mass is 332 g/mol. The smallest absolute Gasteiger partial charge is 0.278 e. The van der Waals surface area contributed by atoms with Crippen molar-refractivity contribution < 1.29 is 14.5 Å². The standard InChI is InChI=1S/C19H29N3O2/c1-3-15(16-7-5-4-6-8-16)13-21-19(24)14(2)22-11-9-17(10-12-22)18(20)23/h4-8,14-15,17H,3,9-13H2,1-2H3,(H2,20,23)(H,21,24)/p+1/t14-,15-/m1/s1. The SMILES string of the molecule is CC[C@H](CNC(=O)[C@@H](C)[NH+]1CCC(C(N)=O)CC1)c1ccccc1. The van der Waals surface area contributed by atoms with E-state index in [1.165, 1.54) is 10.5 Å². The fourth-order valence-corrected chi connectivity index (χ4v) is 3.49. The summed E-state index contributed by atoms with van der Waals surface area (Å²) in [7, 11) is 0. The lowest BCUT2D eigenvalue weighted by Crippen LogP contribution is -3.17. The zero-order valence-electron chi connectivity index (χ0n) is 14.8. The predicted octanol–water partition coefficient (Wildman–Crippen LogP) is 0.465. The number of primary amides is 1. The van der Waals surface area contributed by atoms with Gasteiger partial charge in [0, 0.05) is 31.2 Å². The highest BCUT2D eigenvalue weighted by molar-refractivity contribution is 5.80. The van der Waals surface area contributed by atoms with Gasteiger partial charge in [-0.1, -0.05) is 37.3 Å². The molecule has 1 aromatic rings. The molecule has 5 heteroatoms. The van der Waals surface area contributed by atoms with E-state index in [9.17, 15) is 9.59 Å². The Morgan fingerprint density at radius 2 is 1.88 bits per heavy atom. The second-order valence-corrected chi connectivity index (χ2v) is 6.82. The average molecular weight is 332 g/mol. The predicted molar refractivity (Wildman–Crippen MR) is 94.6 cm³/mol. The summed E-state index contributed by atoms with van der Waals surface area (Å²) in [6, 6.07) is 10.2. The number of piperidine rings is 1. The van der Waals surface area contributed by atoms with Gasteiger partial charge in [-0.3, -0.25) is 9.59 Å². The molecular weight excluding hydrogens is 302 g/mol.